The molecule has 3 aromatic heterocycles. The highest BCUT2D eigenvalue weighted by molar-refractivity contribution is 5.92. The normalized spacial score (nSPS) is 11.7. The van der Waals surface area contributed by atoms with Crippen molar-refractivity contribution in [1.29, 1.82) is 0 Å². The van der Waals surface area contributed by atoms with Gasteiger partial charge in [-0.15, -0.1) is 0 Å². The molecule has 3 heterocycles. The molecule has 0 aliphatic rings. The van der Waals surface area contributed by atoms with Crippen molar-refractivity contribution in [3.63, 3.8) is 0 Å². The molecule has 1 aromatic carbocycles. The Hall–Kier alpha value is -4.27. The van der Waals surface area contributed by atoms with Crippen LogP contribution in [0.2, 0.25) is 0 Å². The highest BCUT2D eigenvalue weighted by Gasteiger charge is 2.19. The lowest BCUT2D eigenvalue weighted by atomic mass is 10.0. The summed E-state index contributed by atoms with van der Waals surface area (Å²) in [5.74, 6) is -0.516. The number of benzene rings is 1. The number of H-pyrrole nitrogens is 1. The van der Waals surface area contributed by atoms with Crippen LogP contribution >= 0.6 is 0 Å². The average molecular weight is 430 g/mol. The van der Waals surface area contributed by atoms with E-state index in [1.54, 1.807) is 43.5 Å². The number of aryl methyl sites for hydroxylation is 1. The Labute approximate surface area is 182 Å². The molecule has 4 rings (SSSR count). The molecule has 2 N–H and O–H groups in total. The van der Waals surface area contributed by atoms with Gasteiger partial charge in [-0.25, -0.2) is 14.4 Å². The number of rotatable bonds is 6. The number of aromatic amines is 1. The molecule has 0 radical (unpaired) electrons. The van der Waals surface area contributed by atoms with Crippen molar-refractivity contribution in [2.45, 2.75) is 19.4 Å². The van der Waals surface area contributed by atoms with E-state index in [-0.39, 0.29) is 17.7 Å². The van der Waals surface area contributed by atoms with Crippen LogP contribution in [-0.2, 0) is 6.42 Å². The molecule has 0 fully saturated rings. The zero-order chi connectivity index (χ0) is 22.5. The summed E-state index contributed by atoms with van der Waals surface area (Å²) in [7, 11) is 0. The largest absolute Gasteiger partial charge is 0.343 e. The summed E-state index contributed by atoms with van der Waals surface area (Å²) in [6, 6.07) is 11.8. The molecule has 4 aromatic rings. The lowest BCUT2D eigenvalue weighted by Gasteiger charge is -2.19. The van der Waals surface area contributed by atoms with E-state index < -0.39 is 17.8 Å². The number of nitrogens with one attached hydrogen (secondary N) is 2. The predicted molar refractivity (Wildman–Crippen MR) is 115 cm³/mol. The molecule has 160 valence electrons. The molecular weight excluding hydrogens is 411 g/mol. The number of carbonyl (C=O) groups excluding carboxylic acids is 1. The number of nitrogens with zero attached hydrogens (tertiary/aromatic N) is 4. The molecule has 8 nitrogen and oxygen atoms in total. The second-order valence-corrected chi connectivity index (χ2v) is 7.13. The highest BCUT2D eigenvalue weighted by atomic mass is 19.1. The van der Waals surface area contributed by atoms with Crippen molar-refractivity contribution in [3.05, 3.63) is 106 Å². The number of halogens is 1. The van der Waals surface area contributed by atoms with E-state index >= 15 is 0 Å². The van der Waals surface area contributed by atoms with Crippen LogP contribution in [0.4, 0.5) is 4.39 Å². The zero-order valence-electron chi connectivity index (χ0n) is 17.1. The summed E-state index contributed by atoms with van der Waals surface area (Å²) >= 11 is 0. The molecule has 0 aliphatic heterocycles. The van der Waals surface area contributed by atoms with Crippen LogP contribution in [-0.4, -0.2) is 30.8 Å². The van der Waals surface area contributed by atoms with Crippen molar-refractivity contribution in [2.75, 3.05) is 0 Å². The van der Waals surface area contributed by atoms with Crippen molar-refractivity contribution in [3.8, 4) is 11.5 Å². The maximum absolute atomic E-state index is 13.5. The van der Waals surface area contributed by atoms with Gasteiger partial charge in [0, 0.05) is 24.9 Å². The van der Waals surface area contributed by atoms with E-state index in [2.05, 4.69) is 30.2 Å². The lowest BCUT2D eigenvalue weighted by molar-refractivity contribution is 0.0931. The van der Waals surface area contributed by atoms with Gasteiger partial charge in [0.1, 0.15) is 17.2 Å². The molecular formula is C23H19FN6O2. The highest BCUT2D eigenvalue weighted by Crippen LogP contribution is 2.20. The number of hydrogen-bond acceptors (Lipinski definition) is 6. The molecule has 0 unspecified atom stereocenters. The van der Waals surface area contributed by atoms with Crippen LogP contribution in [0.5, 0.6) is 0 Å². The van der Waals surface area contributed by atoms with Crippen molar-refractivity contribution in [2.24, 2.45) is 0 Å². The maximum Gasteiger partial charge on any atom is 0.271 e. The van der Waals surface area contributed by atoms with Crippen LogP contribution in [0.15, 0.2) is 71.9 Å². The number of carbonyl (C=O) groups is 1. The van der Waals surface area contributed by atoms with Gasteiger partial charge in [-0.05, 0) is 36.8 Å². The fourth-order valence-electron chi connectivity index (χ4n) is 3.14. The van der Waals surface area contributed by atoms with Gasteiger partial charge in [-0.3, -0.25) is 19.6 Å². The summed E-state index contributed by atoms with van der Waals surface area (Å²) in [4.78, 5) is 44.6. The molecule has 9 heteroatoms. The Morgan fingerprint density at radius 2 is 1.91 bits per heavy atom. The minimum atomic E-state index is -0.586. The first-order chi connectivity index (χ1) is 15.5. The number of pyridine rings is 1. The van der Waals surface area contributed by atoms with Gasteiger partial charge in [0.25, 0.3) is 11.5 Å². The third-order valence-electron chi connectivity index (χ3n) is 4.71. The Balaban J connectivity index is 1.65. The first-order valence-electron chi connectivity index (χ1n) is 9.84. The Morgan fingerprint density at radius 1 is 1.09 bits per heavy atom. The molecule has 0 aliphatic carbocycles. The van der Waals surface area contributed by atoms with E-state index in [0.29, 0.717) is 28.5 Å². The van der Waals surface area contributed by atoms with Gasteiger partial charge in [0.05, 0.1) is 23.6 Å². The van der Waals surface area contributed by atoms with Crippen LogP contribution < -0.4 is 10.9 Å². The Morgan fingerprint density at radius 3 is 2.59 bits per heavy atom. The SMILES string of the molecule is Cc1cnc(C(=O)N[C@H](Cc2cc(=O)[nH]c(-c3ccccn3)n2)c2ccc(F)cc2)cn1. The lowest BCUT2D eigenvalue weighted by Crippen LogP contribution is -2.31. The number of aromatic nitrogens is 5. The molecule has 0 bridgehead atoms. The van der Waals surface area contributed by atoms with Gasteiger partial charge in [0.2, 0.25) is 0 Å². The van der Waals surface area contributed by atoms with Crippen LogP contribution in [0, 0.1) is 12.7 Å². The van der Waals surface area contributed by atoms with Crippen molar-refractivity contribution < 1.29 is 9.18 Å². The quantitative estimate of drug-likeness (QED) is 0.486. The topological polar surface area (TPSA) is 114 Å². The second kappa shape index (κ2) is 9.25. The summed E-state index contributed by atoms with van der Waals surface area (Å²) in [6.07, 6.45) is 4.68. The third-order valence-corrected chi connectivity index (χ3v) is 4.71. The first kappa shape index (κ1) is 21.0. The molecule has 0 saturated carbocycles. The fourth-order valence-corrected chi connectivity index (χ4v) is 3.14. The van der Waals surface area contributed by atoms with Gasteiger partial charge in [0.15, 0.2) is 5.82 Å². The van der Waals surface area contributed by atoms with Gasteiger partial charge < -0.3 is 10.3 Å². The minimum Gasteiger partial charge on any atom is -0.343 e. The van der Waals surface area contributed by atoms with E-state index in [4.69, 9.17) is 0 Å². The Kier molecular flexibility index (Phi) is 6.07. The van der Waals surface area contributed by atoms with Crippen LogP contribution in [0.1, 0.15) is 33.5 Å². The van der Waals surface area contributed by atoms with Crippen molar-refractivity contribution in [1.82, 2.24) is 30.2 Å². The fraction of sp³-hybridized carbons (Fsp3) is 0.130. The summed E-state index contributed by atoms with van der Waals surface area (Å²) in [5.41, 5.74) is 2.11. The van der Waals surface area contributed by atoms with E-state index in [0.717, 1.165) is 0 Å². The van der Waals surface area contributed by atoms with E-state index in [9.17, 15) is 14.0 Å². The minimum absolute atomic E-state index is 0.149. The van der Waals surface area contributed by atoms with Crippen molar-refractivity contribution >= 4 is 5.91 Å². The number of amides is 1. The molecule has 0 saturated heterocycles. The van der Waals surface area contributed by atoms with Gasteiger partial charge in [-0.1, -0.05) is 18.2 Å². The van der Waals surface area contributed by atoms with Crippen LogP contribution in [0.25, 0.3) is 11.5 Å². The van der Waals surface area contributed by atoms with Gasteiger partial charge in [-0.2, -0.15) is 0 Å². The smallest absolute Gasteiger partial charge is 0.271 e. The molecule has 1 atom stereocenters. The standard InChI is InChI=1S/C23H19FN6O2/c1-14-12-27-20(13-26-14)23(32)29-19(15-5-7-16(24)8-6-15)10-17-11-21(31)30-22(28-17)18-4-2-3-9-25-18/h2-9,11-13,19H,10H2,1H3,(H,29,32)(H,28,30,31)/t19-/m1/s1. The predicted octanol–water partition coefficient (Wildman–Crippen LogP) is 2.78. The maximum atomic E-state index is 13.5. The first-order valence-corrected chi connectivity index (χ1v) is 9.84. The molecule has 32 heavy (non-hydrogen) atoms. The summed E-state index contributed by atoms with van der Waals surface area (Å²) < 4.78 is 13.5. The average Bonchev–Trinajstić information content (AvgIpc) is 2.80. The van der Waals surface area contributed by atoms with Gasteiger partial charge >= 0.3 is 0 Å². The van der Waals surface area contributed by atoms with E-state index in [1.807, 2.05) is 0 Å². The molecule has 1 amide bonds. The summed E-state index contributed by atoms with van der Waals surface area (Å²) in [5, 5.41) is 2.88. The zero-order valence-corrected chi connectivity index (χ0v) is 17.1. The second-order valence-electron chi connectivity index (χ2n) is 7.13. The Bertz CT molecular complexity index is 1270. The monoisotopic (exact) mass is 430 g/mol. The summed E-state index contributed by atoms with van der Waals surface area (Å²) in [6.45, 7) is 1.77. The third kappa shape index (κ3) is 5.07. The molecule has 0 spiro atoms. The number of hydrogen-bond donors (Lipinski definition) is 2. The van der Waals surface area contributed by atoms with Crippen LogP contribution in [0.3, 0.4) is 0 Å². The van der Waals surface area contributed by atoms with E-state index in [1.165, 1.54) is 30.6 Å².